The highest BCUT2D eigenvalue weighted by Crippen LogP contribution is 2.32. The number of β-amino-alcohol motifs (C(OH)–C–C–N with tert-alkyl or cyclic N) is 1. The number of carbonyl (C=O) groups excluding carboxylic acids is 3. The van der Waals surface area contributed by atoms with Crippen molar-refractivity contribution in [2.45, 2.75) is 20.8 Å². The minimum atomic E-state index is -0.600. The molecule has 9 nitrogen and oxygen atoms in total. The molecule has 1 fully saturated rings. The molecule has 0 aliphatic carbocycles. The van der Waals surface area contributed by atoms with Crippen LogP contribution in [0.2, 0.25) is 5.02 Å². The Kier molecular flexibility index (Phi) is 7.54. The minimum Gasteiger partial charge on any atom is -0.466 e. The van der Waals surface area contributed by atoms with Crippen LogP contribution in [-0.2, 0) is 19.1 Å². The molecule has 0 aromatic heterocycles. The Balaban J connectivity index is 1.73. The maximum Gasteiger partial charge on any atom is 0.337 e. The van der Waals surface area contributed by atoms with E-state index in [0.29, 0.717) is 36.9 Å². The minimum absolute atomic E-state index is 0.0672. The number of halogens is 1. The quantitative estimate of drug-likeness (QED) is 0.600. The molecule has 2 aliphatic heterocycles. The zero-order valence-electron chi connectivity index (χ0n) is 19.5. The van der Waals surface area contributed by atoms with E-state index in [-0.39, 0.29) is 42.8 Å². The number of esters is 1. The summed E-state index contributed by atoms with van der Waals surface area (Å²) in [6, 6.07) is 5.35. The van der Waals surface area contributed by atoms with Gasteiger partial charge in [-0.2, -0.15) is 0 Å². The van der Waals surface area contributed by atoms with Gasteiger partial charge in [0.1, 0.15) is 5.70 Å². The summed E-state index contributed by atoms with van der Waals surface area (Å²) in [6.45, 7) is 8.32. The Morgan fingerprint density at radius 2 is 1.85 bits per heavy atom. The van der Waals surface area contributed by atoms with Gasteiger partial charge in [-0.3, -0.25) is 9.59 Å². The van der Waals surface area contributed by atoms with Gasteiger partial charge in [-0.25, -0.2) is 4.79 Å². The van der Waals surface area contributed by atoms with Gasteiger partial charge in [0.05, 0.1) is 36.5 Å². The lowest BCUT2D eigenvalue weighted by molar-refractivity contribution is -0.139. The van der Waals surface area contributed by atoms with Crippen LogP contribution < -0.4 is 10.2 Å². The van der Waals surface area contributed by atoms with E-state index in [9.17, 15) is 19.5 Å². The van der Waals surface area contributed by atoms with Crippen LogP contribution in [0.25, 0.3) is 0 Å². The molecular weight excluding hydrogens is 448 g/mol. The van der Waals surface area contributed by atoms with Crippen molar-refractivity contribution in [3.63, 3.8) is 0 Å². The molecule has 1 aromatic carbocycles. The first-order chi connectivity index (χ1) is 15.6. The molecular formula is C23H31ClN4O5. The monoisotopic (exact) mass is 478 g/mol. The second-order valence-corrected chi connectivity index (χ2v) is 9.52. The second kappa shape index (κ2) is 10.0. The molecule has 0 unspecified atom stereocenters. The van der Waals surface area contributed by atoms with E-state index in [1.165, 1.54) is 12.0 Å². The highest BCUT2D eigenvalue weighted by molar-refractivity contribution is 6.33. The summed E-state index contributed by atoms with van der Waals surface area (Å²) >= 11 is 6.56. The summed E-state index contributed by atoms with van der Waals surface area (Å²) in [5, 5.41) is 12.7. The smallest absolute Gasteiger partial charge is 0.337 e. The fraction of sp³-hybridized carbons (Fsp3) is 0.522. The van der Waals surface area contributed by atoms with Crippen LogP contribution in [0.5, 0.6) is 0 Å². The van der Waals surface area contributed by atoms with Crippen LogP contribution in [0.15, 0.2) is 29.5 Å². The number of ether oxygens (including phenoxy) is 1. The van der Waals surface area contributed by atoms with Crippen molar-refractivity contribution in [2.24, 2.45) is 5.41 Å². The number of anilines is 2. The van der Waals surface area contributed by atoms with Crippen LogP contribution in [0.3, 0.4) is 0 Å². The molecule has 2 N–H and O–H groups in total. The Labute approximate surface area is 198 Å². The highest BCUT2D eigenvalue weighted by Gasteiger charge is 2.35. The standard InChI is InChI=1S/C23H31ClN4O5/c1-23(2,3)22(32)27-9-7-26(8-10-27)18-6-5-15(13-17(18)24)25-19-16(21(31)33-4)14-28(11-12-29)20(19)30/h5-6,13,25,29H,7-12,14H2,1-4H3. The van der Waals surface area contributed by atoms with E-state index in [1.807, 2.05) is 31.7 Å². The van der Waals surface area contributed by atoms with Gasteiger partial charge in [-0.05, 0) is 18.2 Å². The largest absolute Gasteiger partial charge is 0.466 e. The second-order valence-electron chi connectivity index (χ2n) is 9.12. The average Bonchev–Trinajstić information content (AvgIpc) is 3.08. The number of nitrogens with one attached hydrogen (secondary N) is 1. The molecule has 1 aromatic rings. The number of hydrogen-bond acceptors (Lipinski definition) is 7. The topological polar surface area (TPSA) is 102 Å². The number of rotatable bonds is 6. The van der Waals surface area contributed by atoms with Gasteiger partial charge in [0.2, 0.25) is 5.91 Å². The van der Waals surface area contributed by atoms with Gasteiger partial charge in [-0.1, -0.05) is 32.4 Å². The maximum absolute atomic E-state index is 12.7. The van der Waals surface area contributed by atoms with Gasteiger partial charge in [0.15, 0.2) is 0 Å². The third kappa shape index (κ3) is 5.42. The van der Waals surface area contributed by atoms with Gasteiger partial charge >= 0.3 is 5.97 Å². The first-order valence-corrected chi connectivity index (χ1v) is 11.3. The van der Waals surface area contributed by atoms with Gasteiger partial charge < -0.3 is 29.9 Å². The lowest BCUT2D eigenvalue weighted by Crippen LogP contribution is -2.51. The molecule has 0 saturated carbocycles. The van der Waals surface area contributed by atoms with Crippen molar-refractivity contribution in [1.29, 1.82) is 0 Å². The van der Waals surface area contributed by atoms with Gasteiger partial charge in [0.25, 0.3) is 5.91 Å². The van der Waals surface area contributed by atoms with Gasteiger partial charge in [0, 0.05) is 43.8 Å². The van der Waals surface area contributed by atoms with Crippen molar-refractivity contribution >= 4 is 40.8 Å². The van der Waals surface area contributed by atoms with Crippen molar-refractivity contribution < 1.29 is 24.2 Å². The molecule has 180 valence electrons. The molecule has 10 heteroatoms. The molecule has 3 rings (SSSR count). The third-order valence-electron chi connectivity index (χ3n) is 5.72. The predicted octanol–water partition coefficient (Wildman–Crippen LogP) is 1.71. The fourth-order valence-corrected chi connectivity index (χ4v) is 4.26. The van der Waals surface area contributed by atoms with E-state index in [4.69, 9.17) is 16.3 Å². The number of amides is 2. The van der Waals surface area contributed by atoms with Crippen LogP contribution in [-0.4, -0.2) is 85.7 Å². The van der Waals surface area contributed by atoms with E-state index in [2.05, 4.69) is 10.2 Å². The van der Waals surface area contributed by atoms with Gasteiger partial charge in [-0.15, -0.1) is 0 Å². The van der Waals surface area contributed by atoms with Crippen molar-refractivity contribution in [3.05, 3.63) is 34.5 Å². The van der Waals surface area contributed by atoms with E-state index in [1.54, 1.807) is 12.1 Å². The lowest BCUT2D eigenvalue weighted by atomic mass is 9.94. The average molecular weight is 479 g/mol. The Bertz CT molecular complexity index is 964. The highest BCUT2D eigenvalue weighted by atomic mass is 35.5. The molecule has 33 heavy (non-hydrogen) atoms. The first-order valence-electron chi connectivity index (χ1n) is 10.9. The third-order valence-corrected chi connectivity index (χ3v) is 6.02. The first kappa shape index (κ1) is 24.9. The normalized spacial score (nSPS) is 17.0. The van der Waals surface area contributed by atoms with Crippen molar-refractivity contribution in [2.75, 3.05) is 63.2 Å². The summed E-state index contributed by atoms with van der Waals surface area (Å²) in [5.74, 6) is -0.847. The summed E-state index contributed by atoms with van der Waals surface area (Å²) in [4.78, 5) is 42.8. The molecule has 2 heterocycles. The number of aliphatic hydroxyl groups excluding tert-OH is 1. The summed E-state index contributed by atoms with van der Waals surface area (Å²) in [6.07, 6.45) is 0. The Hall–Kier alpha value is -2.78. The van der Waals surface area contributed by atoms with Crippen LogP contribution >= 0.6 is 11.6 Å². The SMILES string of the molecule is COC(=O)C1=C(Nc2ccc(N3CCN(C(=O)C(C)(C)C)CC3)c(Cl)c2)C(=O)N(CCO)C1. The number of carbonyl (C=O) groups is 3. The molecule has 0 atom stereocenters. The molecule has 0 spiro atoms. The number of hydrogen-bond donors (Lipinski definition) is 2. The number of benzene rings is 1. The van der Waals surface area contributed by atoms with E-state index in [0.717, 1.165) is 5.69 Å². The molecule has 0 bridgehead atoms. The van der Waals surface area contributed by atoms with Crippen LogP contribution in [0.4, 0.5) is 11.4 Å². The fourth-order valence-electron chi connectivity index (χ4n) is 3.96. The predicted molar refractivity (Wildman–Crippen MR) is 126 cm³/mol. The van der Waals surface area contributed by atoms with E-state index >= 15 is 0 Å². The zero-order valence-corrected chi connectivity index (χ0v) is 20.2. The Morgan fingerprint density at radius 3 is 2.39 bits per heavy atom. The van der Waals surface area contributed by atoms with Crippen molar-refractivity contribution in [3.8, 4) is 0 Å². The van der Waals surface area contributed by atoms with Crippen molar-refractivity contribution in [1.82, 2.24) is 9.80 Å². The van der Waals surface area contributed by atoms with E-state index < -0.39 is 11.4 Å². The summed E-state index contributed by atoms with van der Waals surface area (Å²) < 4.78 is 4.81. The maximum atomic E-state index is 12.7. The molecule has 2 amide bonds. The molecule has 2 aliphatic rings. The lowest BCUT2D eigenvalue weighted by Gasteiger charge is -2.39. The van der Waals surface area contributed by atoms with Crippen LogP contribution in [0.1, 0.15) is 20.8 Å². The molecule has 0 radical (unpaired) electrons. The number of aliphatic hydroxyl groups is 1. The number of methoxy groups -OCH3 is 1. The molecule has 1 saturated heterocycles. The number of piperazine rings is 1. The van der Waals surface area contributed by atoms with Crippen LogP contribution in [0, 0.1) is 5.41 Å². The zero-order chi connectivity index (χ0) is 24.3. The summed E-state index contributed by atoms with van der Waals surface area (Å²) in [5.41, 5.74) is 1.31. The summed E-state index contributed by atoms with van der Waals surface area (Å²) in [7, 11) is 1.26. The number of nitrogens with zero attached hydrogens (tertiary/aromatic N) is 3. The Morgan fingerprint density at radius 1 is 1.18 bits per heavy atom.